The summed E-state index contributed by atoms with van der Waals surface area (Å²) in [5, 5.41) is 13.9. The molecule has 0 bridgehead atoms. The van der Waals surface area contributed by atoms with Gasteiger partial charge in [0.1, 0.15) is 11.4 Å². The summed E-state index contributed by atoms with van der Waals surface area (Å²) < 4.78 is 30.8. The van der Waals surface area contributed by atoms with Gasteiger partial charge in [-0.2, -0.15) is 0 Å². The van der Waals surface area contributed by atoms with E-state index in [0.717, 1.165) is 27.8 Å². The van der Waals surface area contributed by atoms with Crippen LogP contribution in [-0.4, -0.2) is 39.2 Å². The molecule has 0 aromatic heterocycles. The highest BCUT2D eigenvalue weighted by molar-refractivity contribution is 7.92. The number of nitro groups is 1. The maximum atomic E-state index is 12.3. The number of anilines is 1. The first-order chi connectivity index (χ1) is 14.1. The van der Waals surface area contributed by atoms with Gasteiger partial charge in [-0.25, -0.2) is 8.42 Å². The molecule has 0 aliphatic carbocycles. The van der Waals surface area contributed by atoms with Crippen LogP contribution in [0.3, 0.4) is 0 Å². The van der Waals surface area contributed by atoms with Crippen molar-refractivity contribution >= 4 is 27.3 Å². The van der Waals surface area contributed by atoms with Gasteiger partial charge >= 0.3 is 0 Å². The summed E-state index contributed by atoms with van der Waals surface area (Å²) in [4.78, 5) is 22.6. The number of nitro benzene ring substituents is 1. The number of benzene rings is 2. The number of methoxy groups -OCH3 is 1. The molecular formula is C20H25N3O6S. The van der Waals surface area contributed by atoms with E-state index in [9.17, 15) is 23.3 Å². The Bertz CT molecular complexity index is 1010. The van der Waals surface area contributed by atoms with Crippen LogP contribution in [0.15, 0.2) is 42.5 Å². The van der Waals surface area contributed by atoms with E-state index in [1.807, 2.05) is 31.2 Å². The lowest BCUT2D eigenvalue weighted by molar-refractivity contribution is -0.384. The molecule has 9 nitrogen and oxygen atoms in total. The third-order valence-electron chi connectivity index (χ3n) is 4.42. The summed E-state index contributed by atoms with van der Waals surface area (Å²) in [6.07, 6.45) is 1.34. The van der Waals surface area contributed by atoms with E-state index in [2.05, 4.69) is 5.32 Å². The van der Waals surface area contributed by atoms with Crippen LogP contribution in [-0.2, 0) is 21.4 Å². The summed E-state index contributed by atoms with van der Waals surface area (Å²) in [5.41, 5.74) is 1.90. The highest BCUT2D eigenvalue weighted by Crippen LogP contribution is 2.33. The van der Waals surface area contributed by atoms with E-state index in [4.69, 9.17) is 4.74 Å². The Labute approximate surface area is 175 Å². The lowest BCUT2D eigenvalue weighted by Crippen LogP contribution is -2.32. The lowest BCUT2D eigenvalue weighted by Gasteiger charge is -2.24. The SMILES string of the molecule is COc1ccc([N+](=O)[O-])cc1N(CCCC(=O)NCc1ccc(C)cc1)S(C)(=O)=O. The van der Waals surface area contributed by atoms with Gasteiger partial charge in [0.05, 0.1) is 18.3 Å². The molecule has 0 radical (unpaired) electrons. The zero-order valence-corrected chi connectivity index (χ0v) is 17.9. The van der Waals surface area contributed by atoms with E-state index in [1.54, 1.807) is 0 Å². The molecule has 2 aromatic rings. The molecule has 1 N–H and O–H groups in total. The molecule has 0 aliphatic heterocycles. The van der Waals surface area contributed by atoms with Gasteiger partial charge in [0.25, 0.3) is 5.69 Å². The van der Waals surface area contributed by atoms with E-state index in [-0.39, 0.29) is 42.4 Å². The molecule has 0 saturated carbocycles. The number of carbonyl (C=O) groups excluding carboxylic acids is 1. The number of ether oxygens (including phenoxy) is 1. The largest absolute Gasteiger partial charge is 0.495 e. The third kappa shape index (κ3) is 6.45. The predicted octanol–water partition coefficient (Wildman–Crippen LogP) is 2.77. The number of sulfonamides is 1. The molecule has 0 atom stereocenters. The number of hydrogen-bond acceptors (Lipinski definition) is 6. The number of hydrogen-bond donors (Lipinski definition) is 1. The van der Waals surface area contributed by atoms with Crippen LogP contribution in [0.25, 0.3) is 0 Å². The first-order valence-corrected chi connectivity index (χ1v) is 11.1. The van der Waals surface area contributed by atoms with Gasteiger partial charge in [-0.15, -0.1) is 0 Å². The Hall–Kier alpha value is -3.14. The van der Waals surface area contributed by atoms with Gasteiger partial charge in [-0.1, -0.05) is 29.8 Å². The minimum atomic E-state index is -3.75. The average molecular weight is 436 g/mol. The zero-order valence-electron chi connectivity index (χ0n) is 17.1. The molecule has 2 aromatic carbocycles. The highest BCUT2D eigenvalue weighted by Gasteiger charge is 2.23. The smallest absolute Gasteiger partial charge is 0.271 e. The Morgan fingerprint density at radius 3 is 2.43 bits per heavy atom. The highest BCUT2D eigenvalue weighted by atomic mass is 32.2. The molecule has 0 fully saturated rings. The molecular weight excluding hydrogens is 410 g/mol. The fourth-order valence-electron chi connectivity index (χ4n) is 2.83. The van der Waals surface area contributed by atoms with E-state index < -0.39 is 14.9 Å². The van der Waals surface area contributed by atoms with Crippen LogP contribution in [0.4, 0.5) is 11.4 Å². The zero-order chi connectivity index (χ0) is 22.3. The average Bonchev–Trinajstić information content (AvgIpc) is 2.69. The van der Waals surface area contributed by atoms with Crippen LogP contribution in [0.5, 0.6) is 5.75 Å². The summed E-state index contributed by atoms with van der Waals surface area (Å²) in [5.74, 6) is -0.0233. The van der Waals surface area contributed by atoms with Crippen molar-refractivity contribution in [2.45, 2.75) is 26.3 Å². The Morgan fingerprint density at radius 2 is 1.87 bits per heavy atom. The number of nitrogens with zero attached hydrogens (tertiary/aromatic N) is 2. The van der Waals surface area contributed by atoms with Crippen LogP contribution in [0.2, 0.25) is 0 Å². The topological polar surface area (TPSA) is 119 Å². The predicted molar refractivity (Wildman–Crippen MR) is 114 cm³/mol. The van der Waals surface area contributed by atoms with Crippen LogP contribution >= 0.6 is 0 Å². The number of nitrogens with one attached hydrogen (secondary N) is 1. The van der Waals surface area contributed by atoms with Crippen molar-refractivity contribution in [2.24, 2.45) is 0 Å². The molecule has 0 aliphatic rings. The molecule has 30 heavy (non-hydrogen) atoms. The van der Waals surface area contributed by atoms with Gasteiger partial charge in [0.15, 0.2) is 0 Å². The molecule has 0 saturated heterocycles. The molecule has 10 heteroatoms. The normalized spacial score (nSPS) is 11.0. The fraction of sp³-hybridized carbons (Fsp3) is 0.350. The first-order valence-electron chi connectivity index (χ1n) is 9.24. The van der Waals surface area contributed by atoms with Gasteiger partial charge in [-0.3, -0.25) is 19.2 Å². The van der Waals surface area contributed by atoms with E-state index in [0.29, 0.717) is 6.54 Å². The maximum absolute atomic E-state index is 12.3. The van der Waals surface area contributed by atoms with Crippen molar-refractivity contribution in [3.8, 4) is 5.75 Å². The molecule has 0 unspecified atom stereocenters. The van der Waals surface area contributed by atoms with Crippen molar-refractivity contribution < 1.29 is 22.9 Å². The molecule has 2 rings (SSSR count). The van der Waals surface area contributed by atoms with Crippen molar-refractivity contribution in [1.82, 2.24) is 5.32 Å². The van der Waals surface area contributed by atoms with Gasteiger partial charge in [0, 0.05) is 31.6 Å². The Morgan fingerprint density at radius 1 is 1.20 bits per heavy atom. The minimum absolute atomic E-state index is 0.0195. The van der Waals surface area contributed by atoms with Gasteiger partial charge < -0.3 is 10.1 Å². The monoisotopic (exact) mass is 435 g/mol. The van der Waals surface area contributed by atoms with Crippen molar-refractivity contribution in [2.75, 3.05) is 24.2 Å². The number of carbonyl (C=O) groups is 1. The Kier molecular flexibility index (Phi) is 7.76. The maximum Gasteiger partial charge on any atom is 0.271 e. The van der Waals surface area contributed by atoms with Crippen LogP contribution in [0.1, 0.15) is 24.0 Å². The second-order valence-corrected chi connectivity index (χ2v) is 8.72. The molecule has 1 amide bonds. The quantitative estimate of drug-likeness (QED) is 0.453. The number of aryl methyl sites for hydroxylation is 1. The number of non-ortho nitro benzene ring substituents is 1. The van der Waals surface area contributed by atoms with E-state index in [1.165, 1.54) is 19.2 Å². The van der Waals surface area contributed by atoms with Crippen molar-refractivity contribution in [3.05, 3.63) is 63.7 Å². The van der Waals surface area contributed by atoms with Crippen LogP contribution in [0, 0.1) is 17.0 Å². The first kappa shape index (κ1) is 23.1. The second kappa shape index (κ2) is 10.1. The van der Waals surface area contributed by atoms with Gasteiger partial charge in [0.2, 0.25) is 15.9 Å². The number of amides is 1. The number of rotatable bonds is 10. The van der Waals surface area contributed by atoms with E-state index >= 15 is 0 Å². The molecule has 162 valence electrons. The molecule has 0 spiro atoms. The summed E-state index contributed by atoms with van der Waals surface area (Å²) >= 11 is 0. The van der Waals surface area contributed by atoms with Crippen molar-refractivity contribution in [3.63, 3.8) is 0 Å². The van der Waals surface area contributed by atoms with Crippen LogP contribution < -0.4 is 14.4 Å². The summed E-state index contributed by atoms with van der Waals surface area (Å²) in [6, 6.07) is 11.5. The fourth-order valence-corrected chi connectivity index (χ4v) is 3.79. The third-order valence-corrected chi connectivity index (χ3v) is 5.60. The molecule has 0 heterocycles. The summed E-state index contributed by atoms with van der Waals surface area (Å²) in [6.45, 7) is 2.34. The van der Waals surface area contributed by atoms with Crippen molar-refractivity contribution in [1.29, 1.82) is 0 Å². The minimum Gasteiger partial charge on any atom is -0.495 e. The van der Waals surface area contributed by atoms with Gasteiger partial charge in [-0.05, 0) is 25.0 Å². The Balaban J connectivity index is 2.04. The standard InChI is InChI=1S/C20H25N3O6S/c1-15-6-8-16(9-7-15)14-21-20(24)5-4-12-22(30(3,27)28)18-13-17(23(25)26)10-11-19(18)29-2/h6-11,13H,4-5,12,14H2,1-3H3,(H,21,24). The second-order valence-electron chi connectivity index (χ2n) is 6.81. The lowest BCUT2D eigenvalue weighted by atomic mass is 10.1. The summed E-state index contributed by atoms with van der Waals surface area (Å²) in [7, 11) is -2.40.